The third-order valence-electron chi connectivity index (χ3n) is 5.50. The average Bonchev–Trinajstić information content (AvgIpc) is 3.23. The van der Waals surface area contributed by atoms with Crippen LogP contribution in [-0.4, -0.2) is 48.3 Å². The van der Waals surface area contributed by atoms with Crippen LogP contribution in [0.5, 0.6) is 0 Å². The number of carbonyl (C=O) groups excluding carboxylic acids is 1. The zero-order chi connectivity index (χ0) is 20.9. The lowest BCUT2D eigenvalue weighted by molar-refractivity contribution is 0.135. The van der Waals surface area contributed by atoms with E-state index in [0.29, 0.717) is 18.4 Å². The minimum Gasteiger partial charge on any atom is -0.444 e. The van der Waals surface area contributed by atoms with E-state index in [2.05, 4.69) is 26.2 Å². The van der Waals surface area contributed by atoms with Gasteiger partial charge in [-0.3, -0.25) is 4.90 Å². The molecule has 30 heavy (non-hydrogen) atoms. The van der Waals surface area contributed by atoms with Crippen molar-refractivity contribution in [3.8, 4) is 0 Å². The first kappa shape index (κ1) is 19.5. The summed E-state index contributed by atoms with van der Waals surface area (Å²) in [4.78, 5) is 14.2. The molecule has 0 bridgehead atoms. The van der Waals surface area contributed by atoms with Crippen LogP contribution in [-0.2, 0) is 21.4 Å². The maximum absolute atomic E-state index is 13.2. The van der Waals surface area contributed by atoms with E-state index in [4.69, 9.17) is 9.37 Å². The second-order valence-corrected chi connectivity index (χ2v) is 10.0. The molecular weight excluding hydrogens is 476 g/mol. The number of sulfonamides is 1. The molecule has 3 aromatic rings. The lowest BCUT2D eigenvalue weighted by atomic mass is 10.0. The number of nitrogens with zero attached hydrogens (tertiary/aromatic N) is 4. The first-order chi connectivity index (χ1) is 14.4. The zero-order valence-electron chi connectivity index (χ0n) is 15.7. The van der Waals surface area contributed by atoms with Gasteiger partial charge in [-0.1, -0.05) is 22.0 Å². The van der Waals surface area contributed by atoms with E-state index >= 15 is 0 Å². The van der Waals surface area contributed by atoms with E-state index in [9.17, 15) is 13.2 Å². The smallest absolute Gasteiger partial charge is 0.414 e. The number of hydrogen-bond donors (Lipinski definition) is 0. The average molecular weight is 493 g/mol. The molecule has 1 saturated heterocycles. The maximum atomic E-state index is 13.2. The number of cyclic esters (lactones) is 1. The van der Waals surface area contributed by atoms with Gasteiger partial charge in [-0.05, 0) is 53.5 Å². The fraction of sp³-hybridized carbons (Fsp3) is 0.316. The summed E-state index contributed by atoms with van der Waals surface area (Å²) >= 11 is 3.44. The molecule has 0 spiro atoms. The Kier molecular flexibility index (Phi) is 4.75. The largest absolute Gasteiger partial charge is 0.444 e. The van der Waals surface area contributed by atoms with Crippen LogP contribution in [0.1, 0.15) is 18.4 Å². The standard InChI is InChI=1S/C19H17BrN4O5S/c20-13-4-5-16-12(10-13)11-28-19(25)24(16)14-6-8-23(9-7-14)30(26,27)17-3-1-2-15-18(17)22-29-21-15/h1-5,10,14H,6-9,11H2. The molecule has 156 valence electrons. The van der Waals surface area contributed by atoms with Gasteiger partial charge in [0.25, 0.3) is 0 Å². The third kappa shape index (κ3) is 3.17. The molecule has 1 aromatic heterocycles. The summed E-state index contributed by atoms with van der Waals surface area (Å²) in [5.41, 5.74) is 2.35. The number of carbonyl (C=O) groups is 1. The first-order valence-corrected chi connectivity index (χ1v) is 11.6. The molecule has 0 saturated carbocycles. The van der Waals surface area contributed by atoms with Gasteiger partial charge in [0.15, 0.2) is 5.52 Å². The van der Waals surface area contributed by atoms with Crippen molar-refractivity contribution in [2.75, 3.05) is 18.0 Å². The van der Waals surface area contributed by atoms with Crippen LogP contribution in [0.2, 0.25) is 0 Å². The van der Waals surface area contributed by atoms with Crippen LogP contribution < -0.4 is 4.90 Å². The predicted molar refractivity (Wildman–Crippen MR) is 110 cm³/mol. The molecule has 1 fully saturated rings. The summed E-state index contributed by atoms with van der Waals surface area (Å²) in [6.45, 7) is 0.793. The van der Waals surface area contributed by atoms with E-state index in [1.54, 1.807) is 17.0 Å². The van der Waals surface area contributed by atoms with E-state index in [1.807, 2.05) is 18.2 Å². The van der Waals surface area contributed by atoms with Gasteiger partial charge in [0.05, 0.1) is 5.69 Å². The maximum Gasteiger partial charge on any atom is 0.414 e. The molecule has 5 rings (SSSR count). The van der Waals surface area contributed by atoms with E-state index < -0.39 is 16.1 Å². The number of aromatic nitrogens is 2. The minimum atomic E-state index is -3.76. The fourth-order valence-electron chi connectivity index (χ4n) is 4.03. The number of benzene rings is 2. The monoisotopic (exact) mass is 492 g/mol. The molecule has 0 radical (unpaired) electrons. The van der Waals surface area contributed by atoms with Gasteiger partial charge < -0.3 is 4.74 Å². The highest BCUT2D eigenvalue weighted by Crippen LogP contribution is 2.34. The summed E-state index contributed by atoms with van der Waals surface area (Å²) in [5, 5.41) is 7.46. The summed E-state index contributed by atoms with van der Waals surface area (Å²) in [5.74, 6) is 0. The van der Waals surface area contributed by atoms with Crippen molar-refractivity contribution in [2.24, 2.45) is 0 Å². The Labute approximate surface area is 180 Å². The van der Waals surface area contributed by atoms with Crippen LogP contribution in [0, 0.1) is 0 Å². The Hall–Kier alpha value is -2.50. The highest BCUT2D eigenvalue weighted by atomic mass is 79.9. The Morgan fingerprint density at radius 2 is 1.90 bits per heavy atom. The van der Waals surface area contributed by atoms with Crippen molar-refractivity contribution in [1.29, 1.82) is 0 Å². The number of ether oxygens (including phenoxy) is 1. The van der Waals surface area contributed by atoms with E-state index in [-0.39, 0.29) is 36.2 Å². The predicted octanol–water partition coefficient (Wildman–Crippen LogP) is 3.30. The Morgan fingerprint density at radius 1 is 1.10 bits per heavy atom. The summed E-state index contributed by atoms with van der Waals surface area (Å²) in [7, 11) is -3.76. The lowest BCUT2D eigenvalue weighted by Gasteiger charge is -2.39. The van der Waals surface area contributed by atoms with Gasteiger partial charge in [0, 0.05) is 29.2 Å². The van der Waals surface area contributed by atoms with Crippen LogP contribution in [0.15, 0.2) is 50.4 Å². The number of amides is 1. The summed E-state index contributed by atoms with van der Waals surface area (Å²) < 4.78 is 38.7. The Morgan fingerprint density at radius 3 is 2.70 bits per heavy atom. The molecular formula is C19H17BrN4O5S. The van der Waals surface area contributed by atoms with Crippen molar-refractivity contribution in [3.05, 3.63) is 46.4 Å². The highest BCUT2D eigenvalue weighted by Gasteiger charge is 2.37. The minimum absolute atomic E-state index is 0.0762. The molecule has 3 heterocycles. The molecule has 0 aliphatic carbocycles. The lowest BCUT2D eigenvalue weighted by Crippen LogP contribution is -2.50. The second kappa shape index (κ2) is 7.33. The first-order valence-electron chi connectivity index (χ1n) is 9.41. The van der Waals surface area contributed by atoms with Gasteiger partial charge >= 0.3 is 6.09 Å². The topological polar surface area (TPSA) is 106 Å². The van der Waals surface area contributed by atoms with Gasteiger partial charge in [0.2, 0.25) is 10.0 Å². The molecule has 2 aliphatic heterocycles. The quantitative estimate of drug-likeness (QED) is 0.551. The normalized spacial score (nSPS) is 18.4. The molecule has 0 unspecified atom stereocenters. The Bertz CT molecular complexity index is 1240. The number of piperidine rings is 1. The third-order valence-corrected chi connectivity index (χ3v) is 7.93. The molecule has 0 atom stereocenters. The molecule has 2 aliphatic rings. The van der Waals surface area contributed by atoms with Gasteiger partial charge in [-0.25, -0.2) is 17.8 Å². The van der Waals surface area contributed by atoms with Gasteiger partial charge in [-0.15, -0.1) is 0 Å². The van der Waals surface area contributed by atoms with Crippen LogP contribution in [0.4, 0.5) is 10.5 Å². The van der Waals surface area contributed by atoms with Crippen molar-refractivity contribution in [1.82, 2.24) is 14.6 Å². The number of rotatable bonds is 3. The summed E-state index contributed by atoms with van der Waals surface area (Å²) in [6.07, 6.45) is 0.595. The zero-order valence-corrected chi connectivity index (χ0v) is 18.1. The van der Waals surface area contributed by atoms with E-state index in [1.165, 1.54) is 10.4 Å². The molecule has 11 heteroatoms. The van der Waals surface area contributed by atoms with Crippen molar-refractivity contribution < 1.29 is 22.6 Å². The number of fused-ring (bicyclic) bond motifs is 2. The second-order valence-electron chi connectivity index (χ2n) is 7.22. The number of hydrogen-bond acceptors (Lipinski definition) is 7. The van der Waals surface area contributed by atoms with Crippen LogP contribution >= 0.6 is 15.9 Å². The number of halogens is 1. The summed E-state index contributed by atoms with van der Waals surface area (Å²) in [6, 6.07) is 10.3. The van der Waals surface area contributed by atoms with Crippen molar-refractivity contribution in [3.63, 3.8) is 0 Å². The van der Waals surface area contributed by atoms with E-state index in [0.717, 1.165) is 15.7 Å². The Balaban J connectivity index is 1.38. The number of anilines is 1. The van der Waals surface area contributed by atoms with Gasteiger partial charge in [0.1, 0.15) is 17.0 Å². The molecule has 0 N–H and O–H groups in total. The fourth-order valence-corrected chi connectivity index (χ4v) is 6.04. The SMILES string of the molecule is O=C1OCc2cc(Br)ccc2N1C1CCN(S(=O)(=O)c2cccc3nonc23)CC1. The van der Waals surface area contributed by atoms with Crippen LogP contribution in [0.25, 0.3) is 11.0 Å². The van der Waals surface area contributed by atoms with Crippen molar-refractivity contribution >= 4 is 48.8 Å². The molecule has 2 aromatic carbocycles. The van der Waals surface area contributed by atoms with Crippen molar-refractivity contribution in [2.45, 2.75) is 30.4 Å². The molecule has 1 amide bonds. The van der Waals surface area contributed by atoms with Gasteiger partial charge in [-0.2, -0.15) is 4.31 Å². The highest BCUT2D eigenvalue weighted by molar-refractivity contribution is 9.10. The molecule has 9 nitrogen and oxygen atoms in total. The van der Waals surface area contributed by atoms with Crippen LogP contribution in [0.3, 0.4) is 0 Å².